The predicted molar refractivity (Wildman–Crippen MR) is 38.3 cm³/mol. The average Bonchev–Trinajstić information content (AvgIpc) is 2.45. The van der Waals surface area contributed by atoms with Gasteiger partial charge in [0, 0.05) is 6.04 Å². The molecule has 1 nitrogen and oxygen atoms in total. The van der Waals surface area contributed by atoms with E-state index in [0.29, 0.717) is 0 Å². The molecule has 2 unspecified atom stereocenters. The second kappa shape index (κ2) is 1.84. The second-order valence-corrected chi connectivity index (χ2v) is 3.16. The Hall–Kier alpha value is -0.300. The lowest BCUT2D eigenvalue weighted by molar-refractivity contribution is 0.430. The van der Waals surface area contributed by atoms with Crippen LogP contribution in [0.3, 0.4) is 0 Å². The number of rotatable bonds is 1. The molecule has 0 aliphatic heterocycles. The third-order valence-electron chi connectivity index (χ3n) is 2.66. The molecule has 9 heavy (non-hydrogen) atoms. The molecule has 0 amide bonds. The van der Waals surface area contributed by atoms with Crippen molar-refractivity contribution in [2.24, 2.45) is 5.92 Å². The van der Waals surface area contributed by atoms with Gasteiger partial charge in [-0.25, -0.2) is 0 Å². The van der Waals surface area contributed by atoms with Crippen LogP contribution in [0.1, 0.15) is 19.3 Å². The van der Waals surface area contributed by atoms with Crippen LogP contribution in [0.5, 0.6) is 0 Å². The van der Waals surface area contributed by atoms with Crippen LogP contribution in [0.15, 0.2) is 11.6 Å². The second-order valence-electron chi connectivity index (χ2n) is 3.16. The Morgan fingerprint density at radius 3 is 2.78 bits per heavy atom. The molecule has 1 saturated carbocycles. The third-order valence-corrected chi connectivity index (χ3v) is 2.66. The van der Waals surface area contributed by atoms with E-state index >= 15 is 0 Å². The lowest BCUT2D eigenvalue weighted by Gasteiger charge is -2.16. The Morgan fingerprint density at radius 1 is 1.56 bits per heavy atom. The van der Waals surface area contributed by atoms with Crippen LogP contribution in [0.2, 0.25) is 0 Å². The van der Waals surface area contributed by atoms with Crippen molar-refractivity contribution in [3.8, 4) is 0 Å². The number of allylic oxidation sites excluding steroid dienone is 1. The fourth-order valence-corrected chi connectivity index (χ4v) is 2.08. The Bertz CT molecular complexity index is 149. The van der Waals surface area contributed by atoms with Gasteiger partial charge in [-0.1, -0.05) is 11.6 Å². The van der Waals surface area contributed by atoms with Crippen LogP contribution < -0.4 is 5.32 Å². The first-order valence-electron chi connectivity index (χ1n) is 3.75. The minimum absolute atomic E-state index is 0.810. The van der Waals surface area contributed by atoms with Crippen molar-refractivity contribution in [1.82, 2.24) is 5.32 Å². The summed E-state index contributed by atoms with van der Waals surface area (Å²) in [5, 5.41) is 3.35. The van der Waals surface area contributed by atoms with Crippen molar-refractivity contribution in [2.45, 2.75) is 25.3 Å². The zero-order chi connectivity index (χ0) is 6.27. The summed E-state index contributed by atoms with van der Waals surface area (Å²) in [5.74, 6) is 0.949. The van der Waals surface area contributed by atoms with Crippen molar-refractivity contribution in [3.63, 3.8) is 0 Å². The first-order chi connectivity index (χ1) is 4.40. The SMILES string of the molecule is CNC1CC2=CCC1C2. The third kappa shape index (κ3) is 0.715. The molecule has 0 aromatic carbocycles. The Morgan fingerprint density at radius 2 is 2.44 bits per heavy atom. The van der Waals surface area contributed by atoms with Gasteiger partial charge < -0.3 is 5.32 Å². The normalized spacial score (nSPS) is 39.4. The molecule has 2 aliphatic carbocycles. The Labute approximate surface area is 56.1 Å². The van der Waals surface area contributed by atoms with Gasteiger partial charge >= 0.3 is 0 Å². The van der Waals surface area contributed by atoms with Crippen LogP contribution in [0.25, 0.3) is 0 Å². The van der Waals surface area contributed by atoms with Crippen LogP contribution in [-0.2, 0) is 0 Å². The first kappa shape index (κ1) is 5.48. The fourth-order valence-electron chi connectivity index (χ4n) is 2.08. The molecular weight excluding hydrogens is 110 g/mol. The van der Waals surface area contributed by atoms with Crippen LogP contribution >= 0.6 is 0 Å². The van der Waals surface area contributed by atoms with Crippen LogP contribution in [0.4, 0.5) is 0 Å². The quantitative estimate of drug-likeness (QED) is 0.518. The molecule has 0 radical (unpaired) electrons. The van der Waals surface area contributed by atoms with E-state index < -0.39 is 0 Å². The largest absolute Gasteiger partial charge is 0.316 e. The highest BCUT2D eigenvalue weighted by Gasteiger charge is 2.32. The molecule has 0 saturated heterocycles. The zero-order valence-corrected chi connectivity index (χ0v) is 5.85. The highest BCUT2D eigenvalue weighted by atomic mass is 14.9. The summed E-state index contributed by atoms with van der Waals surface area (Å²) < 4.78 is 0. The molecule has 2 bridgehead atoms. The van der Waals surface area contributed by atoms with E-state index in [1.807, 2.05) is 0 Å². The minimum atomic E-state index is 0.810. The summed E-state index contributed by atoms with van der Waals surface area (Å²) in [6, 6.07) is 0.810. The topological polar surface area (TPSA) is 12.0 Å². The van der Waals surface area contributed by atoms with E-state index in [1.165, 1.54) is 19.3 Å². The zero-order valence-electron chi connectivity index (χ0n) is 5.85. The van der Waals surface area contributed by atoms with E-state index in [2.05, 4.69) is 18.4 Å². The van der Waals surface area contributed by atoms with E-state index in [1.54, 1.807) is 5.57 Å². The monoisotopic (exact) mass is 123 g/mol. The van der Waals surface area contributed by atoms with Crippen LogP contribution in [0, 0.1) is 5.92 Å². The lowest BCUT2D eigenvalue weighted by Crippen LogP contribution is -2.29. The highest BCUT2D eigenvalue weighted by molar-refractivity contribution is 5.20. The van der Waals surface area contributed by atoms with Gasteiger partial charge in [0.1, 0.15) is 0 Å². The Balaban J connectivity index is 2.12. The van der Waals surface area contributed by atoms with E-state index in [9.17, 15) is 0 Å². The van der Waals surface area contributed by atoms with Gasteiger partial charge in [0.15, 0.2) is 0 Å². The molecule has 1 fully saturated rings. The standard InChI is InChI=1S/C8H13N/c1-9-8-5-6-2-3-7(8)4-6/h2,7-9H,3-5H2,1H3. The smallest absolute Gasteiger partial charge is 0.0135 e. The number of hydrogen-bond donors (Lipinski definition) is 1. The van der Waals surface area contributed by atoms with Gasteiger partial charge in [0.05, 0.1) is 0 Å². The number of nitrogens with one attached hydrogen (secondary N) is 1. The summed E-state index contributed by atoms with van der Waals surface area (Å²) in [6.07, 6.45) is 6.45. The summed E-state index contributed by atoms with van der Waals surface area (Å²) in [7, 11) is 2.08. The van der Waals surface area contributed by atoms with Crippen molar-refractivity contribution in [3.05, 3.63) is 11.6 Å². The molecule has 0 aromatic rings. The first-order valence-corrected chi connectivity index (χ1v) is 3.75. The minimum Gasteiger partial charge on any atom is -0.316 e. The maximum Gasteiger partial charge on any atom is 0.0135 e. The van der Waals surface area contributed by atoms with E-state index in [0.717, 1.165) is 12.0 Å². The maximum absolute atomic E-state index is 3.35. The van der Waals surface area contributed by atoms with Gasteiger partial charge in [-0.3, -0.25) is 0 Å². The summed E-state index contributed by atoms with van der Waals surface area (Å²) in [6.45, 7) is 0. The molecule has 2 rings (SSSR count). The van der Waals surface area contributed by atoms with E-state index in [-0.39, 0.29) is 0 Å². The molecule has 0 heterocycles. The molecule has 1 N–H and O–H groups in total. The van der Waals surface area contributed by atoms with Gasteiger partial charge in [-0.2, -0.15) is 0 Å². The molecule has 0 aromatic heterocycles. The molecule has 2 aliphatic rings. The van der Waals surface area contributed by atoms with Crippen LogP contribution in [-0.4, -0.2) is 13.1 Å². The van der Waals surface area contributed by atoms with Gasteiger partial charge in [0.2, 0.25) is 0 Å². The molecule has 2 atom stereocenters. The van der Waals surface area contributed by atoms with Gasteiger partial charge in [-0.15, -0.1) is 0 Å². The molecule has 0 spiro atoms. The van der Waals surface area contributed by atoms with E-state index in [4.69, 9.17) is 0 Å². The summed E-state index contributed by atoms with van der Waals surface area (Å²) in [5.41, 5.74) is 1.69. The number of fused-ring (bicyclic) bond motifs is 2. The fraction of sp³-hybridized carbons (Fsp3) is 0.750. The number of hydrogen-bond acceptors (Lipinski definition) is 1. The van der Waals surface area contributed by atoms with Gasteiger partial charge in [0.25, 0.3) is 0 Å². The van der Waals surface area contributed by atoms with Crippen molar-refractivity contribution < 1.29 is 0 Å². The van der Waals surface area contributed by atoms with Crippen molar-refractivity contribution in [2.75, 3.05) is 7.05 Å². The Kier molecular flexibility index (Phi) is 1.12. The predicted octanol–water partition coefficient (Wildman–Crippen LogP) is 1.31. The molecule has 1 heteroatoms. The van der Waals surface area contributed by atoms with Crippen molar-refractivity contribution >= 4 is 0 Å². The highest BCUT2D eigenvalue weighted by Crippen LogP contribution is 2.39. The maximum atomic E-state index is 3.35. The van der Waals surface area contributed by atoms with Crippen molar-refractivity contribution in [1.29, 1.82) is 0 Å². The summed E-state index contributed by atoms with van der Waals surface area (Å²) in [4.78, 5) is 0. The average molecular weight is 123 g/mol. The molecule has 50 valence electrons. The lowest BCUT2D eigenvalue weighted by atomic mass is 10.0. The molecular formula is C8H13N. The van der Waals surface area contributed by atoms with Gasteiger partial charge in [-0.05, 0) is 32.2 Å². The summed E-state index contributed by atoms with van der Waals surface area (Å²) >= 11 is 0.